The number of aromatic nitrogens is 1. The summed E-state index contributed by atoms with van der Waals surface area (Å²) in [5.74, 6) is -0.0206. The standard InChI is InChI=1S/C22H23N3O6S/c1-2-30-15-7-8-16-19(9-15)32-22(23-16)24-20(27)12-25-10-17(26)18(11-25)31-14-5-3-13(4-6-14)21(28)29/h3-9,17-18,26H,2,10-12H2,1H3,(H,28,29)(H,23,24,27)/t17-,18-/m1/s1. The van der Waals surface area contributed by atoms with Gasteiger partial charge in [0.15, 0.2) is 5.13 Å². The van der Waals surface area contributed by atoms with Gasteiger partial charge < -0.3 is 25.0 Å². The van der Waals surface area contributed by atoms with Gasteiger partial charge in [0.25, 0.3) is 0 Å². The number of rotatable bonds is 8. The van der Waals surface area contributed by atoms with E-state index in [2.05, 4.69) is 10.3 Å². The highest BCUT2D eigenvalue weighted by Crippen LogP contribution is 2.29. The number of carboxylic acids is 1. The lowest BCUT2D eigenvalue weighted by Gasteiger charge is -2.17. The molecule has 1 fully saturated rings. The SMILES string of the molecule is CCOc1ccc2nc(NC(=O)CN3C[C@@H](O)[C@H](Oc4ccc(C(=O)O)cc4)C3)sc2c1. The van der Waals surface area contributed by atoms with E-state index in [-0.39, 0.29) is 18.0 Å². The molecule has 2 aromatic carbocycles. The molecule has 1 aliphatic heterocycles. The molecule has 1 saturated heterocycles. The molecule has 2 heterocycles. The number of carboxylic acid groups (broad SMARTS) is 1. The Bertz CT molecular complexity index is 1120. The number of hydrogen-bond donors (Lipinski definition) is 3. The van der Waals surface area contributed by atoms with Crippen LogP contribution in [0.2, 0.25) is 0 Å². The molecule has 10 heteroatoms. The van der Waals surface area contributed by atoms with Crippen molar-refractivity contribution in [2.24, 2.45) is 0 Å². The summed E-state index contributed by atoms with van der Waals surface area (Å²) in [6, 6.07) is 11.6. The van der Waals surface area contributed by atoms with Gasteiger partial charge in [-0.25, -0.2) is 9.78 Å². The van der Waals surface area contributed by atoms with E-state index in [0.29, 0.717) is 30.6 Å². The van der Waals surface area contributed by atoms with Crippen LogP contribution in [0.1, 0.15) is 17.3 Å². The molecule has 1 aromatic heterocycles. The number of hydrogen-bond acceptors (Lipinski definition) is 8. The number of anilines is 1. The van der Waals surface area contributed by atoms with E-state index in [1.807, 2.05) is 25.1 Å². The third kappa shape index (κ3) is 5.16. The Morgan fingerprint density at radius 2 is 1.94 bits per heavy atom. The Labute approximate surface area is 188 Å². The average molecular weight is 458 g/mol. The first-order valence-corrected chi connectivity index (χ1v) is 11.0. The monoisotopic (exact) mass is 457 g/mol. The molecule has 0 radical (unpaired) electrons. The van der Waals surface area contributed by atoms with Crippen LogP contribution >= 0.6 is 11.3 Å². The fraction of sp³-hybridized carbons (Fsp3) is 0.318. The van der Waals surface area contributed by atoms with Gasteiger partial charge in [-0.3, -0.25) is 9.69 Å². The van der Waals surface area contributed by atoms with Gasteiger partial charge in [-0.05, 0) is 49.4 Å². The summed E-state index contributed by atoms with van der Waals surface area (Å²) in [4.78, 5) is 29.7. The molecule has 168 valence electrons. The van der Waals surface area contributed by atoms with Crippen molar-refractivity contribution in [3.63, 3.8) is 0 Å². The fourth-order valence-corrected chi connectivity index (χ4v) is 4.42. The number of nitrogens with one attached hydrogen (secondary N) is 1. The third-order valence-electron chi connectivity index (χ3n) is 4.99. The molecule has 1 aliphatic rings. The molecule has 2 atom stereocenters. The van der Waals surface area contributed by atoms with Crippen LogP contribution in [0.3, 0.4) is 0 Å². The van der Waals surface area contributed by atoms with Gasteiger partial charge in [-0.1, -0.05) is 11.3 Å². The minimum Gasteiger partial charge on any atom is -0.494 e. The summed E-state index contributed by atoms with van der Waals surface area (Å²) in [5, 5.41) is 22.6. The molecule has 3 N–H and O–H groups in total. The second-order valence-electron chi connectivity index (χ2n) is 7.38. The van der Waals surface area contributed by atoms with E-state index in [1.54, 1.807) is 17.0 Å². The van der Waals surface area contributed by atoms with Crippen LogP contribution in [0.15, 0.2) is 42.5 Å². The first-order valence-electron chi connectivity index (χ1n) is 10.1. The number of aliphatic hydroxyl groups is 1. The molecule has 1 amide bonds. The molecular weight excluding hydrogens is 434 g/mol. The number of amides is 1. The van der Waals surface area contributed by atoms with Gasteiger partial charge in [0, 0.05) is 13.1 Å². The van der Waals surface area contributed by atoms with Crippen molar-refractivity contribution in [1.29, 1.82) is 0 Å². The fourth-order valence-electron chi connectivity index (χ4n) is 3.51. The minimum atomic E-state index is -1.02. The normalized spacial score (nSPS) is 18.6. The van der Waals surface area contributed by atoms with Crippen molar-refractivity contribution < 1.29 is 29.3 Å². The zero-order chi connectivity index (χ0) is 22.7. The van der Waals surface area contributed by atoms with Crippen LogP contribution in [-0.4, -0.2) is 70.4 Å². The summed E-state index contributed by atoms with van der Waals surface area (Å²) in [6.07, 6.45) is -1.28. The summed E-state index contributed by atoms with van der Waals surface area (Å²) < 4.78 is 12.2. The maximum Gasteiger partial charge on any atom is 0.335 e. The predicted octanol–water partition coefficient (Wildman–Crippen LogP) is 2.46. The summed E-state index contributed by atoms with van der Waals surface area (Å²) in [5.41, 5.74) is 0.944. The van der Waals surface area contributed by atoms with Crippen molar-refractivity contribution in [3.8, 4) is 11.5 Å². The lowest BCUT2D eigenvalue weighted by molar-refractivity contribution is -0.117. The minimum absolute atomic E-state index is 0.0923. The number of thiazole rings is 1. The van der Waals surface area contributed by atoms with Crippen LogP contribution in [0.4, 0.5) is 5.13 Å². The molecular formula is C22H23N3O6S. The van der Waals surface area contributed by atoms with Crippen LogP contribution < -0.4 is 14.8 Å². The van der Waals surface area contributed by atoms with E-state index in [0.717, 1.165) is 16.0 Å². The number of carbonyl (C=O) groups is 2. The number of likely N-dealkylation sites (tertiary alicyclic amines) is 1. The maximum atomic E-state index is 12.5. The average Bonchev–Trinajstić information content (AvgIpc) is 3.30. The first kappa shape index (κ1) is 22.0. The number of aromatic carboxylic acids is 1. The highest BCUT2D eigenvalue weighted by Gasteiger charge is 2.34. The van der Waals surface area contributed by atoms with Gasteiger partial charge in [0.05, 0.1) is 28.9 Å². The predicted molar refractivity (Wildman–Crippen MR) is 120 cm³/mol. The molecule has 0 saturated carbocycles. The van der Waals surface area contributed by atoms with Gasteiger partial charge in [-0.15, -0.1) is 0 Å². The van der Waals surface area contributed by atoms with Gasteiger partial charge in [0.1, 0.15) is 23.7 Å². The van der Waals surface area contributed by atoms with Crippen molar-refractivity contribution in [3.05, 3.63) is 48.0 Å². The van der Waals surface area contributed by atoms with Crippen LogP contribution in [0.25, 0.3) is 10.2 Å². The lowest BCUT2D eigenvalue weighted by atomic mass is 10.2. The Hall–Kier alpha value is -3.21. The van der Waals surface area contributed by atoms with E-state index in [9.17, 15) is 14.7 Å². The van der Waals surface area contributed by atoms with E-state index >= 15 is 0 Å². The second kappa shape index (κ2) is 9.51. The van der Waals surface area contributed by atoms with Gasteiger partial charge in [-0.2, -0.15) is 0 Å². The second-order valence-corrected chi connectivity index (χ2v) is 8.41. The smallest absolute Gasteiger partial charge is 0.335 e. The maximum absolute atomic E-state index is 12.5. The van der Waals surface area contributed by atoms with Crippen LogP contribution in [0, 0.1) is 0 Å². The van der Waals surface area contributed by atoms with Gasteiger partial charge in [0.2, 0.25) is 5.91 Å². The topological polar surface area (TPSA) is 121 Å². The molecule has 9 nitrogen and oxygen atoms in total. The molecule has 0 spiro atoms. The number of carbonyl (C=O) groups excluding carboxylic acids is 1. The number of benzene rings is 2. The van der Waals surface area contributed by atoms with Crippen molar-refractivity contribution in [2.75, 3.05) is 31.6 Å². The first-order chi connectivity index (χ1) is 15.4. The molecule has 3 aromatic rings. The highest BCUT2D eigenvalue weighted by atomic mass is 32.1. The van der Waals surface area contributed by atoms with Crippen LogP contribution in [-0.2, 0) is 4.79 Å². The number of aliphatic hydroxyl groups excluding tert-OH is 1. The summed E-state index contributed by atoms with van der Waals surface area (Å²) >= 11 is 1.37. The largest absolute Gasteiger partial charge is 0.494 e. The Kier molecular flexibility index (Phi) is 6.54. The summed E-state index contributed by atoms with van der Waals surface area (Å²) in [6.45, 7) is 3.25. The zero-order valence-electron chi connectivity index (χ0n) is 17.4. The molecule has 32 heavy (non-hydrogen) atoms. The number of ether oxygens (including phenoxy) is 2. The third-order valence-corrected chi connectivity index (χ3v) is 5.92. The quantitative estimate of drug-likeness (QED) is 0.472. The number of nitrogens with zero attached hydrogens (tertiary/aromatic N) is 2. The van der Waals surface area contributed by atoms with Crippen molar-refractivity contribution in [1.82, 2.24) is 9.88 Å². The molecule has 0 bridgehead atoms. The van der Waals surface area contributed by atoms with Crippen molar-refractivity contribution in [2.45, 2.75) is 19.1 Å². The zero-order valence-corrected chi connectivity index (χ0v) is 18.2. The van der Waals surface area contributed by atoms with E-state index in [4.69, 9.17) is 14.6 Å². The Morgan fingerprint density at radius 3 is 2.66 bits per heavy atom. The Morgan fingerprint density at radius 1 is 1.19 bits per heavy atom. The lowest BCUT2D eigenvalue weighted by Crippen LogP contribution is -2.33. The summed E-state index contributed by atoms with van der Waals surface area (Å²) in [7, 11) is 0. The molecule has 0 unspecified atom stereocenters. The van der Waals surface area contributed by atoms with Crippen LogP contribution in [0.5, 0.6) is 11.5 Å². The molecule has 0 aliphatic carbocycles. The van der Waals surface area contributed by atoms with Crippen molar-refractivity contribution >= 4 is 38.6 Å². The Balaban J connectivity index is 1.32. The van der Waals surface area contributed by atoms with E-state index < -0.39 is 18.2 Å². The highest BCUT2D eigenvalue weighted by molar-refractivity contribution is 7.22. The molecule has 4 rings (SSSR count). The number of fused-ring (bicyclic) bond motifs is 1. The number of β-amino-alcohol motifs (C(OH)–C–C–N with tert-alkyl or cyclic N) is 1. The van der Waals surface area contributed by atoms with Gasteiger partial charge >= 0.3 is 5.97 Å². The van der Waals surface area contributed by atoms with E-state index in [1.165, 1.54) is 23.5 Å².